The normalized spacial score (nSPS) is 21.8. The molecule has 1 aliphatic heterocycles. The average Bonchev–Trinajstić information content (AvgIpc) is 3.50. The molecule has 0 spiro atoms. The highest BCUT2D eigenvalue weighted by Crippen LogP contribution is 2.29. The van der Waals surface area contributed by atoms with Crippen LogP contribution in [0.1, 0.15) is 66.7 Å². The van der Waals surface area contributed by atoms with Crippen LogP contribution in [0.2, 0.25) is 0 Å². The number of nitrogens with zero attached hydrogens (tertiary/aromatic N) is 1. The van der Waals surface area contributed by atoms with Gasteiger partial charge in [-0.25, -0.2) is 13.6 Å². The van der Waals surface area contributed by atoms with Crippen molar-refractivity contribution in [3.8, 4) is 0 Å². The molecule has 1 saturated heterocycles. The lowest BCUT2D eigenvalue weighted by atomic mass is 9.85. The molecule has 0 radical (unpaired) electrons. The predicted molar refractivity (Wildman–Crippen MR) is 126 cm³/mol. The molecule has 4 amide bonds. The summed E-state index contributed by atoms with van der Waals surface area (Å²) < 4.78 is 31.7. The maximum absolute atomic E-state index is 13.5. The second-order valence-corrected chi connectivity index (χ2v) is 11.0. The molecule has 1 aliphatic carbocycles. The largest absolute Gasteiger partial charge is 0.453 e. The summed E-state index contributed by atoms with van der Waals surface area (Å²) in [6, 6.07) is -3.60. The van der Waals surface area contributed by atoms with Crippen LogP contribution < -0.4 is 16.0 Å². The standard InChI is InChI=1S/C24H38F2N4O6/c1-13-10-12-30(21(34)18(23(2,3)4)29-22(35)36-6)16(13)19(32)28-15(9-11-24(5,25)26)17(31)20(33)27-14-7-8-14/h13-16,18H,7-12H2,1-6H3,(H,27,33)(H,28,32)(H,29,35)/t13?,15-,16?,18+/m0/s1. The van der Waals surface area contributed by atoms with Crippen LogP contribution in [0.5, 0.6) is 0 Å². The zero-order valence-corrected chi connectivity index (χ0v) is 21.8. The summed E-state index contributed by atoms with van der Waals surface area (Å²) in [4.78, 5) is 65.0. The molecule has 0 aromatic carbocycles. The summed E-state index contributed by atoms with van der Waals surface area (Å²) in [6.07, 6.45) is -0.00645. The lowest BCUT2D eigenvalue weighted by molar-refractivity contribution is -0.144. The number of alkyl halides is 2. The van der Waals surface area contributed by atoms with Crippen molar-refractivity contribution in [1.82, 2.24) is 20.9 Å². The first-order valence-corrected chi connectivity index (χ1v) is 12.2. The van der Waals surface area contributed by atoms with Crippen molar-refractivity contribution in [1.29, 1.82) is 0 Å². The maximum Gasteiger partial charge on any atom is 0.407 e. The Morgan fingerprint density at radius 3 is 2.14 bits per heavy atom. The first-order valence-electron chi connectivity index (χ1n) is 12.2. The van der Waals surface area contributed by atoms with Gasteiger partial charge in [-0.05, 0) is 43.9 Å². The summed E-state index contributed by atoms with van der Waals surface area (Å²) in [5.74, 6) is -6.55. The Morgan fingerprint density at radius 2 is 1.64 bits per heavy atom. The Balaban J connectivity index is 2.23. The molecule has 0 bridgehead atoms. The number of likely N-dealkylation sites (tertiary alicyclic amines) is 1. The summed E-state index contributed by atoms with van der Waals surface area (Å²) in [5.41, 5.74) is -0.718. The van der Waals surface area contributed by atoms with Gasteiger partial charge in [-0.3, -0.25) is 19.2 Å². The Hall–Kier alpha value is -2.79. The molecule has 0 aromatic rings. The minimum Gasteiger partial charge on any atom is -0.453 e. The number of hydrogen-bond donors (Lipinski definition) is 3. The van der Waals surface area contributed by atoms with Gasteiger partial charge < -0.3 is 25.6 Å². The number of ketones is 1. The molecule has 204 valence electrons. The summed E-state index contributed by atoms with van der Waals surface area (Å²) >= 11 is 0. The fraction of sp³-hybridized carbons (Fsp3) is 0.792. The van der Waals surface area contributed by atoms with E-state index >= 15 is 0 Å². The molecule has 2 rings (SSSR count). The van der Waals surface area contributed by atoms with Gasteiger partial charge in [0.25, 0.3) is 5.91 Å². The van der Waals surface area contributed by atoms with Crippen LogP contribution in [0.15, 0.2) is 0 Å². The monoisotopic (exact) mass is 516 g/mol. The number of alkyl carbamates (subject to hydrolysis) is 1. The molecule has 2 aliphatic rings. The molecular weight excluding hydrogens is 478 g/mol. The van der Waals surface area contributed by atoms with E-state index in [0.717, 1.165) is 12.8 Å². The van der Waals surface area contributed by atoms with Crippen molar-refractivity contribution >= 4 is 29.6 Å². The number of carbonyl (C=O) groups is 5. The van der Waals surface area contributed by atoms with Crippen LogP contribution in [0.25, 0.3) is 0 Å². The third-order valence-corrected chi connectivity index (χ3v) is 6.45. The highest BCUT2D eigenvalue weighted by Gasteiger charge is 2.46. The lowest BCUT2D eigenvalue weighted by Crippen LogP contribution is -2.59. The van der Waals surface area contributed by atoms with E-state index in [0.29, 0.717) is 13.3 Å². The summed E-state index contributed by atoms with van der Waals surface area (Å²) in [6.45, 7) is 7.92. The van der Waals surface area contributed by atoms with E-state index in [4.69, 9.17) is 0 Å². The fourth-order valence-corrected chi connectivity index (χ4v) is 4.15. The van der Waals surface area contributed by atoms with E-state index < -0.39 is 71.9 Å². The Labute approximate surface area is 210 Å². The van der Waals surface area contributed by atoms with Crippen LogP contribution in [-0.4, -0.2) is 78.2 Å². The second kappa shape index (κ2) is 11.5. The van der Waals surface area contributed by atoms with Gasteiger partial charge in [-0.15, -0.1) is 0 Å². The number of ether oxygens (including phenoxy) is 1. The van der Waals surface area contributed by atoms with Gasteiger partial charge in [-0.1, -0.05) is 27.7 Å². The first-order chi connectivity index (χ1) is 16.5. The second-order valence-electron chi connectivity index (χ2n) is 11.0. The van der Waals surface area contributed by atoms with E-state index in [1.54, 1.807) is 27.7 Å². The Morgan fingerprint density at radius 1 is 1.03 bits per heavy atom. The zero-order chi connectivity index (χ0) is 27.4. The van der Waals surface area contributed by atoms with E-state index in [1.165, 1.54) is 12.0 Å². The van der Waals surface area contributed by atoms with E-state index in [2.05, 4.69) is 20.7 Å². The average molecular weight is 517 g/mol. The number of amides is 4. The number of halogens is 2. The lowest BCUT2D eigenvalue weighted by Gasteiger charge is -2.36. The van der Waals surface area contributed by atoms with Gasteiger partial charge in [0.05, 0.1) is 13.2 Å². The van der Waals surface area contributed by atoms with Crippen LogP contribution in [0.4, 0.5) is 13.6 Å². The number of Topliss-reactive ketones (excluding diaryl/α,β-unsaturated/α-hetero) is 1. The molecule has 1 saturated carbocycles. The van der Waals surface area contributed by atoms with Gasteiger partial charge in [0.1, 0.15) is 12.1 Å². The molecule has 3 N–H and O–H groups in total. The number of carbonyl (C=O) groups excluding carboxylic acids is 5. The molecule has 4 atom stereocenters. The third kappa shape index (κ3) is 8.12. The van der Waals surface area contributed by atoms with E-state index in [9.17, 15) is 32.8 Å². The fourth-order valence-electron chi connectivity index (χ4n) is 4.15. The van der Waals surface area contributed by atoms with E-state index in [-0.39, 0.29) is 18.5 Å². The Bertz CT molecular complexity index is 866. The highest BCUT2D eigenvalue weighted by molar-refractivity contribution is 6.38. The molecular formula is C24H38F2N4O6. The minimum atomic E-state index is -3.10. The molecule has 36 heavy (non-hydrogen) atoms. The van der Waals surface area contributed by atoms with Crippen molar-refractivity contribution in [3.63, 3.8) is 0 Å². The van der Waals surface area contributed by atoms with Crippen molar-refractivity contribution in [3.05, 3.63) is 0 Å². The molecule has 1 heterocycles. The highest BCUT2D eigenvalue weighted by atomic mass is 19.3. The number of methoxy groups -OCH3 is 1. The van der Waals surface area contributed by atoms with Gasteiger partial charge in [0, 0.05) is 19.0 Å². The van der Waals surface area contributed by atoms with Gasteiger partial charge in [-0.2, -0.15) is 0 Å². The molecule has 10 nitrogen and oxygen atoms in total. The third-order valence-electron chi connectivity index (χ3n) is 6.45. The number of nitrogens with one attached hydrogen (secondary N) is 3. The van der Waals surface area contributed by atoms with E-state index in [1.807, 2.05) is 0 Å². The molecule has 0 aromatic heterocycles. The van der Waals surface area contributed by atoms with Crippen LogP contribution in [0.3, 0.4) is 0 Å². The zero-order valence-electron chi connectivity index (χ0n) is 21.8. The first kappa shape index (κ1) is 29.4. The van der Waals surface area contributed by atoms with Gasteiger partial charge in [0.15, 0.2) is 0 Å². The van der Waals surface area contributed by atoms with Crippen molar-refractivity contribution in [2.75, 3.05) is 13.7 Å². The smallest absolute Gasteiger partial charge is 0.407 e. The van der Waals surface area contributed by atoms with Gasteiger partial charge >= 0.3 is 6.09 Å². The number of hydrogen-bond acceptors (Lipinski definition) is 6. The molecule has 12 heteroatoms. The topological polar surface area (TPSA) is 134 Å². The molecule has 2 unspecified atom stereocenters. The SMILES string of the molecule is COC(=O)N[C@H](C(=O)N1CCC(C)C1C(=O)N[C@@H](CCC(C)(F)F)C(=O)C(=O)NC1CC1)C(C)(C)C. The quantitative estimate of drug-likeness (QED) is 0.379. The summed E-state index contributed by atoms with van der Waals surface area (Å²) in [7, 11) is 1.17. The van der Waals surface area contributed by atoms with Crippen LogP contribution in [0, 0.1) is 11.3 Å². The number of rotatable bonds is 10. The van der Waals surface area contributed by atoms with Crippen LogP contribution in [-0.2, 0) is 23.9 Å². The van der Waals surface area contributed by atoms with Crippen molar-refractivity contribution in [2.24, 2.45) is 11.3 Å². The van der Waals surface area contributed by atoms with Gasteiger partial charge in [0.2, 0.25) is 23.5 Å². The van der Waals surface area contributed by atoms with Crippen molar-refractivity contribution in [2.45, 2.75) is 96.8 Å². The van der Waals surface area contributed by atoms with Crippen molar-refractivity contribution < 1.29 is 37.5 Å². The minimum absolute atomic E-state index is 0.120. The maximum atomic E-state index is 13.5. The Kier molecular flexibility index (Phi) is 9.41. The predicted octanol–water partition coefficient (Wildman–Crippen LogP) is 1.76. The van der Waals surface area contributed by atoms with Crippen LogP contribution >= 0.6 is 0 Å². The molecule has 2 fully saturated rings. The summed E-state index contributed by atoms with van der Waals surface area (Å²) in [5, 5.41) is 7.50.